The van der Waals surface area contributed by atoms with Gasteiger partial charge in [-0.1, -0.05) is 18.2 Å². The summed E-state index contributed by atoms with van der Waals surface area (Å²) in [7, 11) is 1.58. The van der Waals surface area contributed by atoms with Gasteiger partial charge in [0, 0.05) is 19.2 Å². The number of urea groups is 1. The van der Waals surface area contributed by atoms with Crippen LogP contribution in [-0.4, -0.2) is 36.3 Å². The van der Waals surface area contributed by atoms with Crippen molar-refractivity contribution >= 4 is 6.03 Å². The number of hydrogen-bond acceptors (Lipinski definition) is 4. The third kappa shape index (κ3) is 4.53. The Kier molecular flexibility index (Phi) is 5.85. The van der Waals surface area contributed by atoms with E-state index in [4.69, 9.17) is 9.15 Å². The van der Waals surface area contributed by atoms with Crippen molar-refractivity contribution in [2.24, 2.45) is 0 Å². The molecule has 1 heterocycles. The minimum Gasteiger partial charge on any atom is -0.508 e. The van der Waals surface area contributed by atoms with Crippen LogP contribution in [0.5, 0.6) is 5.75 Å². The molecule has 0 fully saturated rings. The van der Waals surface area contributed by atoms with Gasteiger partial charge in [-0.05, 0) is 18.2 Å². The molecule has 0 bridgehead atoms. The number of phenolic OH excluding ortho intramolecular Hbond substituents is 1. The Bertz CT molecular complexity index is 584. The van der Waals surface area contributed by atoms with Gasteiger partial charge in [0.1, 0.15) is 11.5 Å². The zero-order chi connectivity index (χ0) is 15.8. The minimum absolute atomic E-state index is 0.164. The van der Waals surface area contributed by atoms with Crippen LogP contribution < -0.4 is 5.32 Å². The molecule has 1 aromatic carbocycles. The summed E-state index contributed by atoms with van der Waals surface area (Å²) in [5, 5.41) is 12.7. The summed E-state index contributed by atoms with van der Waals surface area (Å²) in [4.78, 5) is 13.9. The molecule has 1 aromatic heterocycles. The van der Waals surface area contributed by atoms with Crippen LogP contribution >= 0.6 is 0 Å². The van der Waals surface area contributed by atoms with Crippen molar-refractivity contribution in [1.29, 1.82) is 0 Å². The lowest BCUT2D eigenvalue weighted by Gasteiger charge is -2.22. The third-order valence-corrected chi connectivity index (χ3v) is 3.15. The number of aromatic hydroxyl groups is 1. The van der Waals surface area contributed by atoms with Crippen LogP contribution in [0.2, 0.25) is 0 Å². The van der Waals surface area contributed by atoms with Gasteiger partial charge in [-0.15, -0.1) is 0 Å². The topological polar surface area (TPSA) is 74.9 Å². The maximum Gasteiger partial charge on any atom is 0.318 e. The first-order valence-electron chi connectivity index (χ1n) is 7.01. The molecular formula is C16H20N2O4. The molecule has 2 amide bonds. The highest BCUT2D eigenvalue weighted by atomic mass is 16.5. The van der Waals surface area contributed by atoms with Gasteiger partial charge >= 0.3 is 6.03 Å². The van der Waals surface area contributed by atoms with E-state index in [2.05, 4.69) is 5.32 Å². The van der Waals surface area contributed by atoms with Gasteiger partial charge in [0.05, 0.1) is 26.0 Å². The largest absolute Gasteiger partial charge is 0.508 e. The Morgan fingerprint density at radius 1 is 1.27 bits per heavy atom. The first kappa shape index (κ1) is 15.9. The van der Waals surface area contributed by atoms with Crippen LogP contribution in [0, 0.1) is 0 Å². The molecule has 0 atom stereocenters. The standard InChI is InChI=1S/C16H20N2O4/c1-21-10-8-17-16(20)18(12-14-6-4-9-22-14)11-13-5-2-3-7-15(13)19/h2-7,9,19H,8,10-12H2,1H3,(H,17,20). The average Bonchev–Trinajstić information content (AvgIpc) is 3.02. The van der Waals surface area contributed by atoms with Gasteiger partial charge in [-0.2, -0.15) is 0 Å². The molecule has 22 heavy (non-hydrogen) atoms. The number of carbonyl (C=O) groups excluding carboxylic acids is 1. The van der Waals surface area contributed by atoms with Gasteiger partial charge in [0.25, 0.3) is 0 Å². The second kappa shape index (κ2) is 8.09. The molecule has 6 heteroatoms. The fraction of sp³-hybridized carbons (Fsp3) is 0.312. The summed E-state index contributed by atoms with van der Waals surface area (Å²) in [5.74, 6) is 0.842. The summed E-state index contributed by atoms with van der Waals surface area (Å²) < 4.78 is 10.2. The van der Waals surface area contributed by atoms with Crippen molar-refractivity contribution in [2.75, 3.05) is 20.3 Å². The Labute approximate surface area is 129 Å². The van der Waals surface area contributed by atoms with E-state index in [1.54, 1.807) is 48.6 Å². The van der Waals surface area contributed by atoms with Crippen LogP contribution in [-0.2, 0) is 17.8 Å². The molecule has 118 valence electrons. The number of benzene rings is 1. The highest BCUT2D eigenvalue weighted by Crippen LogP contribution is 2.19. The molecule has 2 aromatic rings. The summed E-state index contributed by atoms with van der Waals surface area (Å²) >= 11 is 0. The van der Waals surface area contributed by atoms with Crippen LogP contribution in [0.15, 0.2) is 47.1 Å². The summed E-state index contributed by atoms with van der Waals surface area (Å²) in [5.41, 5.74) is 0.677. The van der Waals surface area contributed by atoms with E-state index < -0.39 is 0 Å². The number of furan rings is 1. The van der Waals surface area contributed by atoms with Crippen molar-refractivity contribution in [3.63, 3.8) is 0 Å². The summed E-state index contributed by atoms with van der Waals surface area (Å²) in [6.07, 6.45) is 1.57. The average molecular weight is 304 g/mol. The second-order valence-electron chi connectivity index (χ2n) is 4.79. The fourth-order valence-electron chi connectivity index (χ4n) is 2.01. The predicted octanol–water partition coefficient (Wildman–Crippen LogP) is 2.34. The maximum absolute atomic E-state index is 12.3. The van der Waals surface area contributed by atoms with E-state index >= 15 is 0 Å². The van der Waals surface area contributed by atoms with Gasteiger partial charge in [-0.3, -0.25) is 0 Å². The molecule has 0 unspecified atom stereocenters. The maximum atomic E-state index is 12.3. The van der Waals surface area contributed by atoms with E-state index in [1.165, 1.54) is 0 Å². The molecule has 2 rings (SSSR count). The molecule has 0 saturated carbocycles. The van der Waals surface area contributed by atoms with Crippen LogP contribution in [0.4, 0.5) is 4.79 Å². The van der Waals surface area contributed by atoms with Crippen molar-refractivity contribution < 1.29 is 19.1 Å². The number of rotatable bonds is 7. The summed E-state index contributed by atoms with van der Waals surface area (Å²) in [6, 6.07) is 10.3. The fourth-order valence-corrected chi connectivity index (χ4v) is 2.01. The lowest BCUT2D eigenvalue weighted by Crippen LogP contribution is -2.40. The van der Waals surface area contributed by atoms with Crippen LogP contribution in [0.25, 0.3) is 0 Å². The lowest BCUT2D eigenvalue weighted by molar-refractivity contribution is 0.172. The predicted molar refractivity (Wildman–Crippen MR) is 81.3 cm³/mol. The number of amides is 2. The molecule has 0 radical (unpaired) electrons. The first-order chi connectivity index (χ1) is 10.7. The molecule has 6 nitrogen and oxygen atoms in total. The Balaban J connectivity index is 2.07. The lowest BCUT2D eigenvalue weighted by atomic mass is 10.2. The number of nitrogens with zero attached hydrogens (tertiary/aromatic N) is 1. The van der Waals surface area contributed by atoms with E-state index in [9.17, 15) is 9.90 Å². The Hall–Kier alpha value is -2.47. The van der Waals surface area contributed by atoms with Crippen molar-refractivity contribution in [3.8, 4) is 5.75 Å². The van der Waals surface area contributed by atoms with Crippen LogP contribution in [0.3, 0.4) is 0 Å². The minimum atomic E-state index is -0.239. The number of para-hydroxylation sites is 1. The molecule has 0 aliphatic rings. The zero-order valence-electron chi connectivity index (χ0n) is 12.5. The first-order valence-corrected chi connectivity index (χ1v) is 7.01. The quantitative estimate of drug-likeness (QED) is 0.770. The second-order valence-corrected chi connectivity index (χ2v) is 4.79. The van der Waals surface area contributed by atoms with Crippen molar-refractivity contribution in [1.82, 2.24) is 10.2 Å². The third-order valence-electron chi connectivity index (χ3n) is 3.15. The van der Waals surface area contributed by atoms with E-state index in [0.717, 1.165) is 0 Å². The highest BCUT2D eigenvalue weighted by Gasteiger charge is 2.16. The molecule has 0 spiro atoms. The van der Waals surface area contributed by atoms with Crippen LogP contribution in [0.1, 0.15) is 11.3 Å². The van der Waals surface area contributed by atoms with Gasteiger partial charge in [-0.25, -0.2) is 4.79 Å². The summed E-state index contributed by atoms with van der Waals surface area (Å²) in [6.45, 7) is 1.47. The highest BCUT2D eigenvalue weighted by molar-refractivity contribution is 5.74. The number of nitrogens with one attached hydrogen (secondary N) is 1. The molecule has 0 aliphatic heterocycles. The number of ether oxygens (including phenoxy) is 1. The van der Waals surface area contributed by atoms with Crippen molar-refractivity contribution in [2.45, 2.75) is 13.1 Å². The monoisotopic (exact) mass is 304 g/mol. The van der Waals surface area contributed by atoms with Gasteiger partial charge < -0.3 is 24.5 Å². The molecule has 2 N–H and O–H groups in total. The zero-order valence-corrected chi connectivity index (χ0v) is 12.5. The SMILES string of the molecule is COCCNC(=O)N(Cc1ccco1)Cc1ccccc1O. The van der Waals surface area contributed by atoms with Gasteiger partial charge in [0.15, 0.2) is 0 Å². The Morgan fingerprint density at radius 3 is 2.77 bits per heavy atom. The number of carbonyl (C=O) groups is 1. The molecule has 0 saturated heterocycles. The van der Waals surface area contributed by atoms with Crippen molar-refractivity contribution in [3.05, 3.63) is 54.0 Å². The number of hydrogen-bond donors (Lipinski definition) is 2. The smallest absolute Gasteiger partial charge is 0.318 e. The van der Waals surface area contributed by atoms with E-state index in [-0.39, 0.29) is 18.3 Å². The van der Waals surface area contributed by atoms with E-state index in [0.29, 0.717) is 31.0 Å². The molecular weight excluding hydrogens is 284 g/mol. The number of methoxy groups -OCH3 is 1. The van der Waals surface area contributed by atoms with Gasteiger partial charge in [0.2, 0.25) is 0 Å². The normalized spacial score (nSPS) is 10.4. The molecule has 0 aliphatic carbocycles. The Morgan fingerprint density at radius 2 is 2.09 bits per heavy atom. The van der Waals surface area contributed by atoms with E-state index in [1.807, 2.05) is 6.07 Å². The number of phenols is 1.